The number of allylic oxidation sites excluding steroid dienone is 2. The molecule has 0 atom stereocenters. The molecule has 1 saturated heterocycles. The Balaban J connectivity index is 0.000000299. The van der Waals surface area contributed by atoms with Crippen molar-refractivity contribution in [3.8, 4) is 0 Å². The minimum atomic E-state index is -4.50. The van der Waals surface area contributed by atoms with Gasteiger partial charge in [-0.2, -0.15) is 13.2 Å². The number of aliphatic imine (C=N–C) groups is 1. The van der Waals surface area contributed by atoms with E-state index < -0.39 is 17.2 Å². The van der Waals surface area contributed by atoms with Crippen LogP contribution in [0.2, 0.25) is 0 Å². The Hall–Kier alpha value is -3.19. The first-order chi connectivity index (χ1) is 18.0. The first-order valence-electron chi connectivity index (χ1n) is 13.0. The van der Waals surface area contributed by atoms with Gasteiger partial charge < -0.3 is 10.6 Å². The van der Waals surface area contributed by atoms with Crippen LogP contribution in [0.5, 0.6) is 0 Å². The quantitative estimate of drug-likeness (QED) is 0.303. The van der Waals surface area contributed by atoms with Gasteiger partial charge in [0, 0.05) is 38.0 Å². The summed E-state index contributed by atoms with van der Waals surface area (Å²) in [6, 6.07) is 16.3. The number of nitrogens with zero attached hydrogens (tertiary/aromatic N) is 1. The molecule has 1 aliphatic carbocycles. The molecule has 4 rings (SSSR count). The lowest BCUT2D eigenvalue weighted by molar-refractivity contribution is -0.123. The number of benzene rings is 2. The van der Waals surface area contributed by atoms with E-state index in [4.69, 9.17) is 0 Å². The molecule has 1 saturated carbocycles. The fraction of sp³-hybridized carbons (Fsp3) is 0.419. The standard InChI is InChI=1S/C21H25F3N2O.C10H13N/c1-14(2)26-13-18(21(22,23)24)15(3)9-10-16-7-5-6-8-17(16)20(11-12-20)19(27)25-4;1-8-2-4-9(5-3-8)10-6-11-7-10/h5-8,13H,3,9-12H2,1-2,4H3,(H,25,27);2-5,10-11H,6-7H2,1H3/b18-13+;. The molecule has 0 unspecified atom stereocenters. The summed E-state index contributed by atoms with van der Waals surface area (Å²) in [6.45, 7) is 11.3. The molecular weight excluding hydrogens is 487 g/mol. The Kier molecular flexibility index (Phi) is 9.71. The van der Waals surface area contributed by atoms with E-state index in [1.807, 2.05) is 24.3 Å². The second kappa shape index (κ2) is 12.6. The predicted molar refractivity (Wildman–Crippen MR) is 149 cm³/mol. The Labute approximate surface area is 224 Å². The van der Waals surface area contributed by atoms with Crippen molar-refractivity contribution in [2.24, 2.45) is 4.99 Å². The van der Waals surface area contributed by atoms with Crippen LogP contribution in [-0.2, 0) is 16.6 Å². The molecular formula is C31H38F3N3O. The van der Waals surface area contributed by atoms with Crippen LogP contribution in [0.3, 0.4) is 0 Å². The number of nitrogens with one attached hydrogen (secondary N) is 2. The highest BCUT2D eigenvalue weighted by atomic mass is 19.4. The van der Waals surface area contributed by atoms with E-state index in [-0.39, 0.29) is 17.9 Å². The van der Waals surface area contributed by atoms with Crippen LogP contribution in [0.15, 0.2) is 77.4 Å². The maximum Gasteiger partial charge on any atom is 0.418 e. The first kappa shape index (κ1) is 29.4. The SMILES string of the molecule is C=C(CCc1ccccc1C1(C(=O)NC)CC1)/C(=C\N=C(C)C)C(F)(F)F.Cc1ccc(C2CNC2)cc1. The van der Waals surface area contributed by atoms with E-state index in [2.05, 4.69) is 53.4 Å². The molecule has 7 heteroatoms. The summed E-state index contributed by atoms with van der Waals surface area (Å²) in [6.07, 6.45) is -1.63. The molecule has 0 aromatic heterocycles. The van der Waals surface area contributed by atoms with Crippen LogP contribution in [0.1, 0.15) is 61.3 Å². The van der Waals surface area contributed by atoms with Gasteiger partial charge in [-0.25, -0.2) is 0 Å². The Bertz CT molecular complexity index is 1180. The molecule has 2 fully saturated rings. The number of likely N-dealkylation sites (N-methyl/N-ethyl adjacent to an activating group) is 1. The zero-order valence-corrected chi connectivity index (χ0v) is 22.7. The van der Waals surface area contributed by atoms with Gasteiger partial charge in [0.25, 0.3) is 0 Å². The summed E-state index contributed by atoms with van der Waals surface area (Å²) in [5.41, 5.74) is 3.79. The topological polar surface area (TPSA) is 53.5 Å². The number of carbonyl (C=O) groups excluding carboxylic acids is 1. The van der Waals surface area contributed by atoms with Crippen LogP contribution < -0.4 is 10.6 Å². The second-order valence-electron chi connectivity index (χ2n) is 10.3. The lowest BCUT2D eigenvalue weighted by Crippen LogP contribution is -2.39. The largest absolute Gasteiger partial charge is 0.418 e. The van der Waals surface area contributed by atoms with Crippen molar-refractivity contribution in [1.82, 2.24) is 10.6 Å². The molecule has 0 spiro atoms. The van der Waals surface area contributed by atoms with Crippen molar-refractivity contribution >= 4 is 11.6 Å². The number of rotatable bonds is 8. The molecule has 0 bridgehead atoms. The second-order valence-corrected chi connectivity index (χ2v) is 10.3. The molecule has 1 amide bonds. The van der Waals surface area contributed by atoms with E-state index in [1.165, 1.54) is 11.1 Å². The minimum absolute atomic E-state index is 0.00732. The van der Waals surface area contributed by atoms with Gasteiger partial charge in [-0.1, -0.05) is 60.7 Å². The summed E-state index contributed by atoms with van der Waals surface area (Å²) in [7, 11) is 1.60. The summed E-state index contributed by atoms with van der Waals surface area (Å²) in [5, 5.41) is 5.97. The third kappa shape index (κ3) is 7.44. The van der Waals surface area contributed by atoms with Gasteiger partial charge in [-0.3, -0.25) is 9.79 Å². The fourth-order valence-corrected chi connectivity index (χ4v) is 4.53. The number of amides is 1. The van der Waals surface area contributed by atoms with Crippen molar-refractivity contribution < 1.29 is 18.0 Å². The monoisotopic (exact) mass is 525 g/mol. The normalized spacial score (nSPS) is 16.4. The molecule has 2 N–H and O–H groups in total. The molecule has 1 heterocycles. The Morgan fingerprint density at radius 3 is 2.26 bits per heavy atom. The van der Waals surface area contributed by atoms with Gasteiger partial charge in [0.05, 0.1) is 11.0 Å². The predicted octanol–water partition coefficient (Wildman–Crippen LogP) is 6.56. The van der Waals surface area contributed by atoms with Crippen molar-refractivity contribution in [1.29, 1.82) is 0 Å². The van der Waals surface area contributed by atoms with E-state index in [0.717, 1.165) is 49.2 Å². The lowest BCUT2D eigenvalue weighted by Gasteiger charge is -2.27. The fourth-order valence-electron chi connectivity index (χ4n) is 4.53. The van der Waals surface area contributed by atoms with Gasteiger partial charge in [-0.15, -0.1) is 0 Å². The van der Waals surface area contributed by atoms with Crippen LogP contribution in [0.4, 0.5) is 13.2 Å². The van der Waals surface area contributed by atoms with Crippen molar-refractivity contribution in [2.75, 3.05) is 20.1 Å². The summed E-state index contributed by atoms with van der Waals surface area (Å²) < 4.78 is 40.0. The van der Waals surface area contributed by atoms with Crippen molar-refractivity contribution in [3.63, 3.8) is 0 Å². The average molecular weight is 526 g/mol. The minimum Gasteiger partial charge on any atom is -0.358 e. The molecule has 38 heavy (non-hydrogen) atoms. The number of hydrogen-bond donors (Lipinski definition) is 2. The molecule has 2 aromatic carbocycles. The highest BCUT2D eigenvalue weighted by Gasteiger charge is 2.51. The lowest BCUT2D eigenvalue weighted by atomic mass is 9.87. The number of halogens is 3. The van der Waals surface area contributed by atoms with Crippen LogP contribution >= 0.6 is 0 Å². The maximum absolute atomic E-state index is 13.3. The highest BCUT2D eigenvalue weighted by Crippen LogP contribution is 2.50. The van der Waals surface area contributed by atoms with Crippen molar-refractivity contribution in [3.05, 3.63) is 94.7 Å². The van der Waals surface area contributed by atoms with Gasteiger partial charge in [0.15, 0.2) is 0 Å². The van der Waals surface area contributed by atoms with E-state index in [1.54, 1.807) is 20.9 Å². The highest BCUT2D eigenvalue weighted by molar-refractivity contribution is 5.91. The van der Waals surface area contributed by atoms with Crippen LogP contribution in [0, 0.1) is 6.92 Å². The van der Waals surface area contributed by atoms with Crippen molar-refractivity contribution in [2.45, 2.75) is 64.0 Å². The van der Waals surface area contributed by atoms with Gasteiger partial charge in [-0.05, 0) is 68.7 Å². The molecule has 204 valence electrons. The third-order valence-electron chi connectivity index (χ3n) is 7.11. The van der Waals surface area contributed by atoms with E-state index in [0.29, 0.717) is 12.1 Å². The van der Waals surface area contributed by atoms with Crippen LogP contribution in [-0.4, -0.2) is 37.9 Å². The average Bonchev–Trinajstić information content (AvgIpc) is 3.64. The third-order valence-corrected chi connectivity index (χ3v) is 7.11. The number of alkyl halides is 3. The van der Waals surface area contributed by atoms with Crippen LogP contribution in [0.25, 0.3) is 0 Å². The Morgan fingerprint density at radius 1 is 1.13 bits per heavy atom. The molecule has 2 aliphatic rings. The zero-order valence-electron chi connectivity index (χ0n) is 22.7. The van der Waals surface area contributed by atoms with Gasteiger partial charge in [0.1, 0.15) is 0 Å². The summed E-state index contributed by atoms with van der Waals surface area (Å²) in [5.74, 6) is 0.730. The molecule has 1 aliphatic heterocycles. The summed E-state index contributed by atoms with van der Waals surface area (Å²) in [4.78, 5) is 16.1. The zero-order chi connectivity index (χ0) is 27.9. The molecule has 2 aromatic rings. The first-order valence-corrected chi connectivity index (χ1v) is 13.0. The number of hydrogen-bond acceptors (Lipinski definition) is 3. The maximum atomic E-state index is 13.3. The van der Waals surface area contributed by atoms with E-state index in [9.17, 15) is 18.0 Å². The van der Waals surface area contributed by atoms with Gasteiger partial charge >= 0.3 is 6.18 Å². The van der Waals surface area contributed by atoms with Gasteiger partial charge in [0.2, 0.25) is 5.91 Å². The number of aryl methyl sites for hydroxylation is 2. The molecule has 4 nitrogen and oxygen atoms in total. The number of carbonyl (C=O) groups is 1. The van der Waals surface area contributed by atoms with E-state index >= 15 is 0 Å². The Morgan fingerprint density at radius 2 is 1.76 bits per heavy atom. The summed E-state index contributed by atoms with van der Waals surface area (Å²) >= 11 is 0. The smallest absolute Gasteiger partial charge is 0.358 e. The molecule has 0 radical (unpaired) electrons.